The van der Waals surface area contributed by atoms with Crippen molar-refractivity contribution < 1.29 is 9.59 Å². The molecule has 158 valence electrons. The Morgan fingerprint density at radius 2 is 1.59 bits per heavy atom. The summed E-state index contributed by atoms with van der Waals surface area (Å²) >= 11 is 0. The van der Waals surface area contributed by atoms with Crippen molar-refractivity contribution >= 4 is 39.3 Å². The second-order valence-corrected chi connectivity index (χ2v) is 7.47. The Kier molecular flexibility index (Phi) is 5.73. The third-order valence-electron chi connectivity index (χ3n) is 5.29. The van der Waals surface area contributed by atoms with Crippen LogP contribution in [0.15, 0.2) is 77.6 Å². The number of pyridine rings is 1. The Hall–Kier alpha value is -4.37. The van der Waals surface area contributed by atoms with E-state index in [1.54, 1.807) is 55.6 Å². The molecule has 0 bridgehead atoms. The van der Waals surface area contributed by atoms with Crippen LogP contribution >= 0.6 is 0 Å². The molecular formula is C26H21N3O3. The molecule has 6 heteroatoms. The summed E-state index contributed by atoms with van der Waals surface area (Å²) in [6.07, 6.45) is 5.39. The molecule has 4 rings (SSSR count). The van der Waals surface area contributed by atoms with Crippen LogP contribution in [-0.4, -0.2) is 34.9 Å². The molecule has 0 spiro atoms. The number of fused-ring (bicyclic) bond motifs is 2. The first-order chi connectivity index (χ1) is 15.5. The van der Waals surface area contributed by atoms with E-state index in [9.17, 15) is 14.4 Å². The average Bonchev–Trinajstić information content (AvgIpc) is 2.81. The molecule has 1 aromatic heterocycles. The summed E-state index contributed by atoms with van der Waals surface area (Å²) in [4.78, 5) is 39.7. The predicted octanol–water partition coefficient (Wildman–Crippen LogP) is 3.23. The molecule has 0 saturated carbocycles. The van der Waals surface area contributed by atoms with Gasteiger partial charge in [0.25, 0.3) is 0 Å². The first kappa shape index (κ1) is 20.9. The average molecular weight is 423 g/mol. The van der Waals surface area contributed by atoms with Gasteiger partial charge in [0.2, 0.25) is 11.8 Å². The molecule has 32 heavy (non-hydrogen) atoms. The van der Waals surface area contributed by atoms with Crippen molar-refractivity contribution in [2.45, 2.75) is 6.54 Å². The van der Waals surface area contributed by atoms with Gasteiger partial charge >= 0.3 is 0 Å². The summed E-state index contributed by atoms with van der Waals surface area (Å²) in [7, 11) is 1.58. The van der Waals surface area contributed by atoms with Gasteiger partial charge in [-0.2, -0.15) is 0 Å². The van der Waals surface area contributed by atoms with E-state index in [4.69, 9.17) is 6.42 Å². The molecule has 0 aliphatic carbocycles. The monoisotopic (exact) mass is 423 g/mol. The molecule has 0 radical (unpaired) electrons. The van der Waals surface area contributed by atoms with E-state index in [0.29, 0.717) is 33.1 Å². The van der Waals surface area contributed by atoms with Crippen LogP contribution in [0.4, 0.5) is 5.69 Å². The minimum Gasteiger partial charge on any atom is -0.335 e. The SMILES string of the molecule is C#Cc1cccc(NC(=O)CN(C)C(=O)Cn2c3ccccc3c(=O)c3ccccc32)c1. The highest BCUT2D eigenvalue weighted by molar-refractivity contribution is 5.96. The van der Waals surface area contributed by atoms with Crippen LogP contribution in [0.1, 0.15) is 5.56 Å². The fourth-order valence-corrected chi connectivity index (χ4v) is 3.69. The zero-order valence-electron chi connectivity index (χ0n) is 17.5. The molecule has 2 amide bonds. The van der Waals surface area contributed by atoms with Gasteiger partial charge in [-0.1, -0.05) is 36.3 Å². The third-order valence-corrected chi connectivity index (χ3v) is 5.29. The number of hydrogen-bond donors (Lipinski definition) is 1. The Labute approximate surface area is 185 Å². The Balaban J connectivity index is 1.57. The van der Waals surface area contributed by atoms with Crippen LogP contribution in [0, 0.1) is 12.3 Å². The van der Waals surface area contributed by atoms with Gasteiger partial charge < -0.3 is 14.8 Å². The maximum absolute atomic E-state index is 13.0. The van der Waals surface area contributed by atoms with Crippen LogP contribution in [0.2, 0.25) is 0 Å². The van der Waals surface area contributed by atoms with Gasteiger partial charge in [0.05, 0.1) is 17.6 Å². The summed E-state index contributed by atoms with van der Waals surface area (Å²) in [6, 6.07) is 21.4. The Morgan fingerprint density at radius 3 is 2.22 bits per heavy atom. The van der Waals surface area contributed by atoms with Crippen molar-refractivity contribution in [3.63, 3.8) is 0 Å². The zero-order valence-corrected chi connectivity index (χ0v) is 17.5. The summed E-state index contributed by atoms with van der Waals surface area (Å²) in [5, 5.41) is 3.85. The number of likely N-dealkylation sites (N-methyl/N-ethyl adjacent to an activating group) is 1. The molecule has 0 unspecified atom stereocenters. The van der Waals surface area contributed by atoms with Gasteiger partial charge in [0.1, 0.15) is 6.54 Å². The van der Waals surface area contributed by atoms with Gasteiger partial charge in [-0.05, 0) is 42.5 Å². The number of amides is 2. The topological polar surface area (TPSA) is 71.4 Å². The van der Waals surface area contributed by atoms with E-state index in [-0.39, 0.29) is 30.3 Å². The highest BCUT2D eigenvalue weighted by Crippen LogP contribution is 2.19. The first-order valence-corrected chi connectivity index (χ1v) is 10.1. The van der Waals surface area contributed by atoms with E-state index in [1.165, 1.54) is 4.90 Å². The lowest BCUT2D eigenvalue weighted by Crippen LogP contribution is -2.37. The molecule has 6 nitrogen and oxygen atoms in total. The molecular weight excluding hydrogens is 402 g/mol. The quantitative estimate of drug-likeness (QED) is 0.396. The van der Waals surface area contributed by atoms with E-state index < -0.39 is 0 Å². The number of para-hydroxylation sites is 2. The second kappa shape index (κ2) is 8.78. The second-order valence-electron chi connectivity index (χ2n) is 7.47. The van der Waals surface area contributed by atoms with Crippen molar-refractivity contribution in [2.24, 2.45) is 0 Å². The molecule has 3 aromatic carbocycles. The number of nitrogens with one attached hydrogen (secondary N) is 1. The largest absolute Gasteiger partial charge is 0.335 e. The van der Waals surface area contributed by atoms with Crippen molar-refractivity contribution in [3.8, 4) is 12.3 Å². The van der Waals surface area contributed by atoms with E-state index in [1.807, 2.05) is 28.8 Å². The Bertz CT molecular complexity index is 1390. The lowest BCUT2D eigenvalue weighted by atomic mass is 10.1. The summed E-state index contributed by atoms with van der Waals surface area (Å²) < 4.78 is 1.82. The fraction of sp³-hybridized carbons (Fsp3) is 0.115. The fourth-order valence-electron chi connectivity index (χ4n) is 3.69. The number of anilines is 1. The lowest BCUT2D eigenvalue weighted by Gasteiger charge is -2.20. The number of rotatable bonds is 5. The molecule has 4 aromatic rings. The van der Waals surface area contributed by atoms with Crippen molar-refractivity contribution in [1.82, 2.24) is 9.47 Å². The molecule has 0 atom stereocenters. The highest BCUT2D eigenvalue weighted by atomic mass is 16.2. The van der Waals surface area contributed by atoms with E-state index in [0.717, 1.165) is 0 Å². The highest BCUT2D eigenvalue weighted by Gasteiger charge is 2.17. The number of carbonyl (C=O) groups is 2. The molecule has 0 fully saturated rings. The van der Waals surface area contributed by atoms with Crippen molar-refractivity contribution in [1.29, 1.82) is 0 Å². The zero-order chi connectivity index (χ0) is 22.7. The number of carbonyl (C=O) groups excluding carboxylic acids is 2. The van der Waals surface area contributed by atoms with Crippen molar-refractivity contribution in [2.75, 3.05) is 18.9 Å². The molecule has 0 aliphatic rings. The van der Waals surface area contributed by atoms with Gasteiger partial charge in [-0.25, -0.2) is 0 Å². The first-order valence-electron chi connectivity index (χ1n) is 10.1. The van der Waals surface area contributed by atoms with Crippen LogP contribution in [-0.2, 0) is 16.1 Å². The minimum atomic E-state index is -0.329. The number of hydrogen-bond acceptors (Lipinski definition) is 3. The predicted molar refractivity (Wildman–Crippen MR) is 126 cm³/mol. The normalized spacial score (nSPS) is 10.6. The Morgan fingerprint density at radius 1 is 0.969 bits per heavy atom. The lowest BCUT2D eigenvalue weighted by molar-refractivity contribution is -0.133. The third kappa shape index (κ3) is 4.09. The molecule has 1 heterocycles. The van der Waals surface area contributed by atoms with Crippen LogP contribution in [0.3, 0.4) is 0 Å². The van der Waals surface area contributed by atoms with Gasteiger partial charge in [-0.3, -0.25) is 14.4 Å². The number of terminal acetylenes is 1. The smallest absolute Gasteiger partial charge is 0.243 e. The maximum Gasteiger partial charge on any atom is 0.243 e. The summed E-state index contributed by atoms with van der Waals surface area (Å²) in [5.74, 6) is 1.94. The molecule has 0 saturated heterocycles. The van der Waals surface area contributed by atoms with Gasteiger partial charge in [-0.15, -0.1) is 6.42 Å². The summed E-state index contributed by atoms with van der Waals surface area (Å²) in [5.41, 5.74) is 2.51. The molecule has 0 aliphatic heterocycles. The van der Waals surface area contributed by atoms with E-state index in [2.05, 4.69) is 11.2 Å². The number of nitrogens with zero attached hydrogens (tertiary/aromatic N) is 2. The van der Waals surface area contributed by atoms with Gasteiger partial charge in [0.15, 0.2) is 5.43 Å². The number of benzene rings is 3. The molecule has 1 N–H and O–H groups in total. The minimum absolute atomic E-state index is 0.00232. The standard InChI is InChI=1S/C26H21N3O3/c1-3-18-9-8-10-19(15-18)27-24(30)16-28(2)25(31)17-29-22-13-6-4-11-20(22)26(32)21-12-5-7-14-23(21)29/h1,4-15H,16-17H2,2H3,(H,27,30). The number of aromatic nitrogens is 1. The van der Waals surface area contributed by atoms with Crippen molar-refractivity contribution in [3.05, 3.63) is 88.6 Å². The van der Waals surface area contributed by atoms with Gasteiger partial charge in [0, 0.05) is 29.1 Å². The van der Waals surface area contributed by atoms with Crippen LogP contribution in [0.25, 0.3) is 21.8 Å². The van der Waals surface area contributed by atoms with Crippen LogP contribution < -0.4 is 10.7 Å². The maximum atomic E-state index is 13.0. The van der Waals surface area contributed by atoms with Crippen LogP contribution in [0.5, 0.6) is 0 Å². The summed E-state index contributed by atoms with van der Waals surface area (Å²) in [6.45, 7) is -0.118. The van der Waals surface area contributed by atoms with E-state index >= 15 is 0 Å².